The van der Waals surface area contributed by atoms with Gasteiger partial charge < -0.3 is 14.8 Å². The molecule has 0 radical (unpaired) electrons. The van der Waals surface area contributed by atoms with E-state index in [0.717, 1.165) is 11.4 Å². The first-order valence-electron chi connectivity index (χ1n) is 7.88. The number of benzene rings is 1. The van der Waals surface area contributed by atoms with Crippen LogP contribution in [0.15, 0.2) is 60.9 Å². The third-order valence-corrected chi connectivity index (χ3v) is 3.75. The third kappa shape index (κ3) is 3.28. The van der Waals surface area contributed by atoms with Crippen molar-refractivity contribution in [1.29, 1.82) is 0 Å². The Morgan fingerprint density at radius 2 is 1.76 bits per heavy atom. The van der Waals surface area contributed by atoms with Crippen LogP contribution in [0.2, 0.25) is 0 Å². The highest BCUT2D eigenvalue weighted by Gasteiger charge is 2.13. The lowest BCUT2D eigenvalue weighted by Gasteiger charge is -2.19. The van der Waals surface area contributed by atoms with Crippen molar-refractivity contribution in [3.8, 4) is 22.9 Å². The number of rotatable bonds is 3. The summed E-state index contributed by atoms with van der Waals surface area (Å²) < 4.78 is 11.0. The molecular weight excluding hydrogens is 318 g/mol. The predicted molar refractivity (Wildman–Crippen MR) is 92.9 cm³/mol. The molecule has 3 heterocycles. The van der Waals surface area contributed by atoms with Crippen molar-refractivity contribution in [1.82, 2.24) is 9.97 Å². The number of fused-ring (bicyclic) bond motifs is 1. The standard InChI is InChI=1S/C19H15N3O3/c23-19(22-14-5-7-17-18(11-14)25-10-9-24-17)13-4-6-16(21-12-13)15-3-1-2-8-20-15/h1-8,11-12H,9-10H2,(H,22,23). The number of aromatic nitrogens is 2. The first kappa shape index (κ1) is 15.1. The fraction of sp³-hybridized carbons (Fsp3) is 0.105. The van der Waals surface area contributed by atoms with Crippen LogP contribution in [-0.2, 0) is 0 Å². The van der Waals surface area contributed by atoms with Crippen LogP contribution in [-0.4, -0.2) is 29.1 Å². The van der Waals surface area contributed by atoms with Crippen molar-refractivity contribution in [2.45, 2.75) is 0 Å². The van der Waals surface area contributed by atoms with Gasteiger partial charge in [0.2, 0.25) is 0 Å². The number of carbonyl (C=O) groups excluding carboxylic acids is 1. The third-order valence-electron chi connectivity index (χ3n) is 3.75. The van der Waals surface area contributed by atoms with Crippen molar-refractivity contribution in [3.63, 3.8) is 0 Å². The van der Waals surface area contributed by atoms with Crippen molar-refractivity contribution < 1.29 is 14.3 Å². The summed E-state index contributed by atoms with van der Waals surface area (Å²) in [5, 5.41) is 2.84. The molecule has 25 heavy (non-hydrogen) atoms. The largest absolute Gasteiger partial charge is 0.486 e. The van der Waals surface area contributed by atoms with Crippen molar-refractivity contribution in [2.24, 2.45) is 0 Å². The van der Waals surface area contributed by atoms with Gasteiger partial charge in [-0.3, -0.25) is 14.8 Å². The number of anilines is 1. The summed E-state index contributed by atoms with van der Waals surface area (Å²) in [5.41, 5.74) is 2.59. The second-order valence-corrected chi connectivity index (χ2v) is 5.46. The molecular formula is C19H15N3O3. The van der Waals surface area contributed by atoms with Gasteiger partial charge in [0.25, 0.3) is 5.91 Å². The van der Waals surface area contributed by atoms with Crippen molar-refractivity contribution in [2.75, 3.05) is 18.5 Å². The summed E-state index contributed by atoms with van der Waals surface area (Å²) in [6, 6.07) is 14.4. The van der Waals surface area contributed by atoms with Crippen LogP contribution in [0.3, 0.4) is 0 Å². The Hall–Kier alpha value is -3.41. The van der Waals surface area contributed by atoms with Crippen molar-refractivity contribution in [3.05, 3.63) is 66.5 Å². The highest BCUT2D eigenvalue weighted by molar-refractivity contribution is 6.04. The van der Waals surface area contributed by atoms with Gasteiger partial charge in [0.1, 0.15) is 13.2 Å². The van der Waals surface area contributed by atoms with Crippen LogP contribution in [0.25, 0.3) is 11.4 Å². The molecule has 4 rings (SSSR count). The molecule has 0 aliphatic carbocycles. The van der Waals surface area contributed by atoms with Gasteiger partial charge in [-0.1, -0.05) is 6.07 Å². The number of nitrogens with zero attached hydrogens (tertiary/aromatic N) is 2. The van der Waals surface area contributed by atoms with Crippen LogP contribution in [0.4, 0.5) is 5.69 Å². The predicted octanol–water partition coefficient (Wildman–Crippen LogP) is 3.17. The first-order valence-corrected chi connectivity index (χ1v) is 7.88. The lowest BCUT2D eigenvalue weighted by atomic mass is 10.2. The molecule has 2 aromatic heterocycles. The summed E-state index contributed by atoms with van der Waals surface area (Å²) in [4.78, 5) is 20.9. The molecule has 1 aliphatic rings. The first-order chi connectivity index (χ1) is 12.3. The molecule has 0 saturated carbocycles. The molecule has 6 heteroatoms. The lowest BCUT2D eigenvalue weighted by molar-refractivity contribution is 0.102. The zero-order valence-electron chi connectivity index (χ0n) is 13.3. The molecule has 1 N–H and O–H groups in total. The summed E-state index contributed by atoms with van der Waals surface area (Å²) in [5.74, 6) is 1.08. The number of hydrogen-bond donors (Lipinski definition) is 1. The lowest BCUT2D eigenvalue weighted by Crippen LogP contribution is -2.16. The number of hydrogen-bond acceptors (Lipinski definition) is 5. The monoisotopic (exact) mass is 333 g/mol. The molecule has 124 valence electrons. The molecule has 1 amide bonds. The van der Waals surface area contributed by atoms with Gasteiger partial charge in [0.05, 0.1) is 17.0 Å². The van der Waals surface area contributed by atoms with Crippen LogP contribution in [0, 0.1) is 0 Å². The second-order valence-electron chi connectivity index (χ2n) is 5.46. The molecule has 0 spiro atoms. The van der Waals surface area contributed by atoms with Crippen LogP contribution in [0.1, 0.15) is 10.4 Å². The van der Waals surface area contributed by atoms with E-state index in [-0.39, 0.29) is 5.91 Å². The van der Waals surface area contributed by atoms with E-state index in [4.69, 9.17) is 9.47 Å². The highest BCUT2D eigenvalue weighted by Crippen LogP contribution is 2.32. The summed E-state index contributed by atoms with van der Waals surface area (Å²) >= 11 is 0. The molecule has 0 atom stereocenters. The fourth-order valence-corrected chi connectivity index (χ4v) is 2.52. The minimum atomic E-state index is -0.239. The van der Waals surface area contributed by atoms with E-state index in [1.165, 1.54) is 6.20 Å². The van der Waals surface area contributed by atoms with Gasteiger partial charge in [-0.15, -0.1) is 0 Å². The zero-order valence-corrected chi connectivity index (χ0v) is 13.3. The van der Waals surface area contributed by atoms with Gasteiger partial charge in [-0.25, -0.2) is 0 Å². The summed E-state index contributed by atoms with van der Waals surface area (Å²) in [7, 11) is 0. The molecule has 1 aromatic carbocycles. The van der Waals surface area contributed by atoms with Gasteiger partial charge in [0.15, 0.2) is 11.5 Å². The van der Waals surface area contributed by atoms with E-state index >= 15 is 0 Å². The number of pyridine rings is 2. The van der Waals surface area contributed by atoms with E-state index in [1.807, 2.05) is 18.2 Å². The topological polar surface area (TPSA) is 73.3 Å². The van der Waals surface area contributed by atoms with Crippen LogP contribution >= 0.6 is 0 Å². The molecule has 6 nitrogen and oxygen atoms in total. The number of ether oxygens (including phenoxy) is 2. The minimum absolute atomic E-state index is 0.239. The molecule has 1 aliphatic heterocycles. The fourth-order valence-electron chi connectivity index (χ4n) is 2.52. The van der Waals surface area contributed by atoms with Crippen LogP contribution < -0.4 is 14.8 Å². The number of nitrogens with one attached hydrogen (secondary N) is 1. The van der Waals surface area contributed by atoms with E-state index in [1.54, 1.807) is 36.5 Å². The van der Waals surface area contributed by atoms with E-state index < -0.39 is 0 Å². The Kier molecular flexibility index (Phi) is 4.00. The molecule has 0 bridgehead atoms. The quantitative estimate of drug-likeness (QED) is 0.797. The Labute approximate surface area is 144 Å². The average molecular weight is 333 g/mol. The minimum Gasteiger partial charge on any atom is -0.486 e. The Morgan fingerprint density at radius 1 is 0.920 bits per heavy atom. The number of carbonyl (C=O) groups is 1. The van der Waals surface area contributed by atoms with Crippen molar-refractivity contribution >= 4 is 11.6 Å². The summed E-state index contributed by atoms with van der Waals surface area (Å²) in [6.45, 7) is 1.04. The average Bonchev–Trinajstić information content (AvgIpc) is 2.69. The zero-order chi connectivity index (χ0) is 17.1. The molecule has 0 fully saturated rings. The van der Waals surface area contributed by atoms with Gasteiger partial charge in [-0.2, -0.15) is 0 Å². The smallest absolute Gasteiger partial charge is 0.257 e. The normalized spacial score (nSPS) is 12.5. The van der Waals surface area contributed by atoms with E-state index in [0.29, 0.717) is 36.0 Å². The maximum atomic E-state index is 12.4. The Morgan fingerprint density at radius 3 is 2.52 bits per heavy atom. The van der Waals surface area contributed by atoms with E-state index in [9.17, 15) is 4.79 Å². The van der Waals surface area contributed by atoms with Gasteiger partial charge >= 0.3 is 0 Å². The van der Waals surface area contributed by atoms with Crippen LogP contribution in [0.5, 0.6) is 11.5 Å². The summed E-state index contributed by atoms with van der Waals surface area (Å²) in [6.07, 6.45) is 3.25. The molecule has 0 saturated heterocycles. The molecule has 0 unspecified atom stereocenters. The maximum Gasteiger partial charge on any atom is 0.257 e. The number of amides is 1. The molecule has 3 aromatic rings. The van der Waals surface area contributed by atoms with Gasteiger partial charge in [0, 0.05) is 24.1 Å². The second kappa shape index (κ2) is 6.60. The Bertz CT molecular complexity index is 896. The van der Waals surface area contributed by atoms with E-state index in [2.05, 4.69) is 15.3 Å². The van der Waals surface area contributed by atoms with Gasteiger partial charge in [-0.05, 0) is 36.4 Å². The SMILES string of the molecule is O=C(Nc1ccc2c(c1)OCCO2)c1ccc(-c2ccccn2)nc1. The maximum absolute atomic E-state index is 12.4. The Balaban J connectivity index is 1.49. The highest BCUT2D eigenvalue weighted by atomic mass is 16.6.